The van der Waals surface area contributed by atoms with E-state index < -0.39 is 6.43 Å². The van der Waals surface area contributed by atoms with E-state index in [4.69, 9.17) is 11.6 Å². The average molecular weight is 290 g/mol. The fourth-order valence-electron chi connectivity index (χ4n) is 2.80. The van der Waals surface area contributed by atoms with Gasteiger partial charge in [0, 0.05) is 24.1 Å². The van der Waals surface area contributed by atoms with Crippen molar-refractivity contribution in [1.29, 1.82) is 0 Å². The Morgan fingerprint density at radius 1 is 1.32 bits per heavy atom. The molecule has 0 radical (unpaired) electrons. The first-order chi connectivity index (χ1) is 9.10. The summed E-state index contributed by atoms with van der Waals surface area (Å²) >= 11 is 5.86. The molecule has 1 heterocycles. The zero-order valence-corrected chi connectivity index (χ0v) is 11.4. The van der Waals surface area contributed by atoms with Crippen LogP contribution in [0, 0.1) is 5.92 Å². The minimum atomic E-state index is -2.31. The van der Waals surface area contributed by atoms with Gasteiger partial charge in [-0.25, -0.2) is 8.78 Å². The molecule has 1 N–H and O–H groups in total. The largest absolute Gasteiger partial charge is 0.396 e. The van der Waals surface area contributed by atoms with E-state index in [2.05, 4.69) is 0 Å². The van der Waals surface area contributed by atoms with Gasteiger partial charge < -0.3 is 5.11 Å². The summed E-state index contributed by atoms with van der Waals surface area (Å²) in [4.78, 5) is 1.73. The summed E-state index contributed by atoms with van der Waals surface area (Å²) in [5.41, 5.74) is 1.13. The molecule has 2 rings (SSSR count). The van der Waals surface area contributed by atoms with Crippen LogP contribution in [-0.4, -0.2) is 42.7 Å². The Morgan fingerprint density at radius 3 is 2.58 bits per heavy atom. The molecule has 2 atom stereocenters. The molecule has 1 aliphatic heterocycles. The number of likely N-dealkylation sites (tertiary alicyclic amines) is 1. The highest BCUT2D eigenvalue weighted by molar-refractivity contribution is 6.30. The molecule has 1 fully saturated rings. The van der Waals surface area contributed by atoms with Crippen LogP contribution in [0.25, 0.3) is 0 Å². The van der Waals surface area contributed by atoms with Gasteiger partial charge in [0.1, 0.15) is 0 Å². The van der Waals surface area contributed by atoms with Crippen molar-refractivity contribution in [2.24, 2.45) is 5.92 Å². The maximum absolute atomic E-state index is 12.4. The van der Waals surface area contributed by atoms with E-state index in [0.29, 0.717) is 18.1 Å². The predicted octanol–water partition coefficient (Wildman–Crippen LogP) is 3.00. The quantitative estimate of drug-likeness (QED) is 0.921. The van der Waals surface area contributed by atoms with Crippen LogP contribution in [0.5, 0.6) is 0 Å². The molecule has 2 nitrogen and oxygen atoms in total. The van der Waals surface area contributed by atoms with Gasteiger partial charge in [-0.2, -0.15) is 0 Å². The number of aliphatic hydroxyl groups excluding tert-OH is 1. The Morgan fingerprint density at radius 2 is 2.00 bits per heavy atom. The number of hydrogen-bond acceptors (Lipinski definition) is 2. The van der Waals surface area contributed by atoms with Gasteiger partial charge in [-0.3, -0.25) is 4.90 Å². The van der Waals surface area contributed by atoms with Gasteiger partial charge in [0.15, 0.2) is 0 Å². The lowest BCUT2D eigenvalue weighted by Crippen LogP contribution is -2.43. The SMILES string of the molecule is OC[C@H]1CN(CC(F)F)CC[C@@H]1c1ccc(Cl)cc1. The van der Waals surface area contributed by atoms with Crippen LogP contribution in [0.1, 0.15) is 17.9 Å². The molecule has 0 spiro atoms. The van der Waals surface area contributed by atoms with Crippen molar-refractivity contribution in [2.45, 2.75) is 18.8 Å². The van der Waals surface area contributed by atoms with Crippen molar-refractivity contribution in [3.63, 3.8) is 0 Å². The number of alkyl halides is 2. The third-order valence-electron chi connectivity index (χ3n) is 3.75. The van der Waals surface area contributed by atoms with E-state index in [-0.39, 0.29) is 25.0 Å². The van der Waals surface area contributed by atoms with E-state index in [0.717, 1.165) is 12.0 Å². The molecule has 0 aliphatic carbocycles. The Bertz CT molecular complexity index is 399. The molecule has 0 bridgehead atoms. The molecule has 0 saturated carbocycles. The third-order valence-corrected chi connectivity index (χ3v) is 4.00. The summed E-state index contributed by atoms with van der Waals surface area (Å²) < 4.78 is 24.8. The molecular weight excluding hydrogens is 272 g/mol. The monoisotopic (exact) mass is 289 g/mol. The molecule has 0 unspecified atom stereocenters. The molecule has 106 valence electrons. The molecule has 1 saturated heterocycles. The maximum atomic E-state index is 12.4. The van der Waals surface area contributed by atoms with Crippen molar-refractivity contribution < 1.29 is 13.9 Å². The van der Waals surface area contributed by atoms with Gasteiger partial charge in [-0.1, -0.05) is 23.7 Å². The lowest BCUT2D eigenvalue weighted by atomic mass is 9.81. The Kier molecular flexibility index (Phi) is 5.13. The molecule has 1 aliphatic rings. The number of rotatable bonds is 4. The molecule has 1 aromatic carbocycles. The second-order valence-corrected chi connectivity index (χ2v) is 5.48. The van der Waals surface area contributed by atoms with E-state index in [1.54, 1.807) is 4.90 Å². The van der Waals surface area contributed by atoms with E-state index in [1.807, 2.05) is 24.3 Å². The first kappa shape index (κ1) is 14.7. The van der Waals surface area contributed by atoms with Crippen molar-refractivity contribution in [3.8, 4) is 0 Å². The highest BCUT2D eigenvalue weighted by atomic mass is 35.5. The summed E-state index contributed by atoms with van der Waals surface area (Å²) in [5.74, 6) is 0.227. The maximum Gasteiger partial charge on any atom is 0.251 e. The number of halogens is 3. The van der Waals surface area contributed by atoms with Gasteiger partial charge in [-0.15, -0.1) is 0 Å². The lowest BCUT2D eigenvalue weighted by molar-refractivity contribution is 0.0439. The predicted molar refractivity (Wildman–Crippen MR) is 71.8 cm³/mol. The first-order valence-corrected chi connectivity index (χ1v) is 6.84. The van der Waals surface area contributed by atoms with Gasteiger partial charge >= 0.3 is 0 Å². The normalized spacial score (nSPS) is 24.9. The lowest BCUT2D eigenvalue weighted by Gasteiger charge is -2.38. The highest BCUT2D eigenvalue weighted by Gasteiger charge is 2.30. The molecular formula is C14H18ClF2NO. The number of aliphatic hydroxyl groups is 1. The number of benzene rings is 1. The van der Waals surface area contributed by atoms with Crippen LogP contribution in [0.4, 0.5) is 8.78 Å². The van der Waals surface area contributed by atoms with Gasteiger partial charge in [0.25, 0.3) is 6.43 Å². The first-order valence-electron chi connectivity index (χ1n) is 6.47. The van der Waals surface area contributed by atoms with Crippen LogP contribution < -0.4 is 0 Å². The number of nitrogens with zero attached hydrogens (tertiary/aromatic N) is 1. The van der Waals surface area contributed by atoms with E-state index in [9.17, 15) is 13.9 Å². The summed E-state index contributed by atoms with van der Waals surface area (Å²) in [6.45, 7) is 0.985. The Balaban J connectivity index is 2.04. The van der Waals surface area contributed by atoms with Crippen LogP contribution in [0.15, 0.2) is 24.3 Å². The molecule has 0 amide bonds. The van der Waals surface area contributed by atoms with Gasteiger partial charge in [0.05, 0.1) is 6.54 Å². The van der Waals surface area contributed by atoms with Crippen LogP contribution >= 0.6 is 11.6 Å². The number of piperidine rings is 1. The van der Waals surface area contributed by atoms with Crippen molar-refractivity contribution in [1.82, 2.24) is 4.90 Å². The minimum Gasteiger partial charge on any atom is -0.396 e. The second kappa shape index (κ2) is 6.64. The van der Waals surface area contributed by atoms with E-state index in [1.165, 1.54) is 0 Å². The Labute approximate surface area is 117 Å². The smallest absolute Gasteiger partial charge is 0.251 e. The summed E-state index contributed by atoms with van der Waals surface area (Å²) in [6, 6.07) is 7.57. The topological polar surface area (TPSA) is 23.5 Å². The molecule has 1 aromatic rings. The Hall–Kier alpha value is -0.710. The molecule has 5 heteroatoms. The standard InChI is InChI=1S/C14H18ClF2NO/c15-12-3-1-10(2-4-12)13-5-6-18(8-14(16)17)7-11(13)9-19/h1-4,11,13-14,19H,5-9H2/t11-,13-/m1/s1. The fraction of sp³-hybridized carbons (Fsp3) is 0.571. The zero-order chi connectivity index (χ0) is 13.8. The van der Waals surface area contributed by atoms with Crippen molar-refractivity contribution >= 4 is 11.6 Å². The fourth-order valence-corrected chi connectivity index (χ4v) is 2.93. The highest BCUT2D eigenvalue weighted by Crippen LogP contribution is 2.33. The van der Waals surface area contributed by atoms with Crippen LogP contribution in [0.3, 0.4) is 0 Å². The minimum absolute atomic E-state index is 0.00803. The van der Waals surface area contributed by atoms with Crippen molar-refractivity contribution in [2.75, 3.05) is 26.2 Å². The van der Waals surface area contributed by atoms with Crippen molar-refractivity contribution in [3.05, 3.63) is 34.9 Å². The summed E-state index contributed by atoms with van der Waals surface area (Å²) in [6.07, 6.45) is -1.52. The van der Waals surface area contributed by atoms with E-state index >= 15 is 0 Å². The average Bonchev–Trinajstić information content (AvgIpc) is 2.39. The molecule has 19 heavy (non-hydrogen) atoms. The third kappa shape index (κ3) is 3.88. The number of hydrogen-bond donors (Lipinski definition) is 1. The molecule has 0 aromatic heterocycles. The van der Waals surface area contributed by atoms with Crippen LogP contribution in [0.2, 0.25) is 5.02 Å². The van der Waals surface area contributed by atoms with Gasteiger partial charge in [0.2, 0.25) is 0 Å². The second-order valence-electron chi connectivity index (χ2n) is 5.04. The zero-order valence-electron chi connectivity index (χ0n) is 10.6. The van der Waals surface area contributed by atoms with Gasteiger partial charge in [-0.05, 0) is 36.6 Å². The summed E-state index contributed by atoms with van der Waals surface area (Å²) in [5, 5.41) is 10.2. The summed E-state index contributed by atoms with van der Waals surface area (Å²) in [7, 11) is 0. The van der Waals surface area contributed by atoms with Crippen LogP contribution in [-0.2, 0) is 0 Å².